The minimum Gasteiger partial charge on any atom is -0.344 e. The largest absolute Gasteiger partial charge is 0.344 e. The molecule has 0 amide bonds. The van der Waals surface area contributed by atoms with Crippen molar-refractivity contribution in [2.24, 2.45) is 0 Å². The summed E-state index contributed by atoms with van der Waals surface area (Å²) >= 11 is 0. The topological polar surface area (TPSA) is 78.4 Å². The Morgan fingerprint density at radius 2 is 0.737 bits per heavy atom. The lowest BCUT2D eigenvalue weighted by Gasteiger charge is -2.06. The predicted molar refractivity (Wildman–Crippen MR) is 166 cm³/mol. The summed E-state index contributed by atoms with van der Waals surface area (Å²) in [5.41, 5.74) is 0. The van der Waals surface area contributed by atoms with Crippen molar-refractivity contribution in [3.63, 3.8) is 0 Å². The second-order valence-electron chi connectivity index (χ2n) is 11.3. The Morgan fingerprint density at radius 1 is 0.447 bits per heavy atom. The van der Waals surface area contributed by atoms with E-state index in [-0.39, 0.29) is 18.6 Å². The maximum Gasteiger partial charge on any atom is 0.267 e. The zero-order chi connectivity index (χ0) is 27.1. The van der Waals surface area contributed by atoms with Crippen LogP contribution in [0.1, 0.15) is 187 Å². The molecule has 232 valence electrons. The van der Waals surface area contributed by atoms with E-state index in [1.54, 1.807) is 0 Å². The standard InChI is InChI=1S/C32H65FO3S.H3N/c1-2-3-4-5-6-7-8-9-10-11-12-13-14-16-19-22-25-28-31-36-37(34,35)32-29-26-23-20-17-15-18-21-24-27-30-33;/h2-32H2,1H3;1H3. The zero-order valence-electron chi connectivity index (χ0n) is 25.6. The lowest BCUT2D eigenvalue weighted by Crippen LogP contribution is -2.11. The monoisotopic (exact) mass is 565 g/mol. The molecule has 0 atom stereocenters. The average molecular weight is 566 g/mol. The van der Waals surface area contributed by atoms with Gasteiger partial charge in [-0.15, -0.1) is 0 Å². The summed E-state index contributed by atoms with van der Waals surface area (Å²) in [6.45, 7) is 2.44. The third kappa shape index (κ3) is 33.8. The molecule has 0 aliphatic carbocycles. The number of rotatable bonds is 32. The van der Waals surface area contributed by atoms with Crippen molar-refractivity contribution >= 4 is 10.1 Å². The van der Waals surface area contributed by atoms with Crippen LogP contribution in [0.4, 0.5) is 4.39 Å². The Balaban J connectivity index is 0. The maximum absolute atomic E-state index is 12.0. The van der Waals surface area contributed by atoms with Crippen LogP contribution in [0.5, 0.6) is 0 Å². The number of unbranched alkanes of at least 4 members (excludes halogenated alkanes) is 26. The molecule has 38 heavy (non-hydrogen) atoms. The smallest absolute Gasteiger partial charge is 0.267 e. The highest BCUT2D eigenvalue weighted by atomic mass is 32.2. The molecular weight excluding hydrogens is 497 g/mol. The van der Waals surface area contributed by atoms with Crippen LogP contribution in [0, 0.1) is 0 Å². The van der Waals surface area contributed by atoms with Crippen molar-refractivity contribution in [3.05, 3.63) is 0 Å². The molecular formula is C32H68FNO3S. The Kier molecular flexibility index (Phi) is 34.7. The van der Waals surface area contributed by atoms with Crippen LogP contribution >= 0.6 is 0 Å². The summed E-state index contributed by atoms with van der Waals surface area (Å²) in [5.74, 6) is 0.162. The molecule has 3 N–H and O–H groups in total. The lowest BCUT2D eigenvalue weighted by atomic mass is 10.0. The first-order valence-corrected chi connectivity index (χ1v) is 18.1. The first kappa shape index (κ1) is 39.9. The van der Waals surface area contributed by atoms with Crippen LogP contribution in [0.15, 0.2) is 0 Å². The molecule has 0 unspecified atom stereocenters. The number of alkyl halides is 1. The van der Waals surface area contributed by atoms with Gasteiger partial charge in [0.2, 0.25) is 0 Å². The van der Waals surface area contributed by atoms with Crippen molar-refractivity contribution < 1.29 is 17.0 Å². The zero-order valence-corrected chi connectivity index (χ0v) is 26.5. The van der Waals surface area contributed by atoms with Crippen LogP contribution < -0.4 is 6.15 Å². The van der Waals surface area contributed by atoms with E-state index in [4.69, 9.17) is 4.18 Å². The summed E-state index contributed by atoms with van der Waals surface area (Å²) < 4.78 is 41.3. The van der Waals surface area contributed by atoms with Crippen molar-refractivity contribution in [2.75, 3.05) is 19.0 Å². The second kappa shape index (κ2) is 33.0. The molecule has 0 aromatic rings. The number of halogens is 1. The molecule has 0 spiro atoms. The Hall–Kier alpha value is -0.200. The van der Waals surface area contributed by atoms with Gasteiger partial charge >= 0.3 is 0 Å². The summed E-state index contributed by atoms with van der Waals surface area (Å²) in [6.07, 6.45) is 34.4. The lowest BCUT2D eigenvalue weighted by molar-refractivity contribution is 0.305. The molecule has 0 saturated carbocycles. The fourth-order valence-electron chi connectivity index (χ4n) is 5.04. The van der Waals surface area contributed by atoms with E-state index < -0.39 is 10.1 Å². The molecule has 0 aliphatic heterocycles. The fourth-order valence-corrected chi connectivity index (χ4v) is 6.08. The summed E-state index contributed by atoms with van der Waals surface area (Å²) in [5, 5.41) is 0. The van der Waals surface area contributed by atoms with Crippen LogP contribution in [0.3, 0.4) is 0 Å². The van der Waals surface area contributed by atoms with Gasteiger partial charge in [-0.3, -0.25) is 8.57 Å². The maximum atomic E-state index is 12.0. The Morgan fingerprint density at radius 3 is 1.08 bits per heavy atom. The van der Waals surface area contributed by atoms with E-state index in [0.29, 0.717) is 19.4 Å². The van der Waals surface area contributed by atoms with Gasteiger partial charge < -0.3 is 6.15 Å². The van der Waals surface area contributed by atoms with Gasteiger partial charge in [0, 0.05) is 0 Å². The van der Waals surface area contributed by atoms with Crippen LogP contribution in [0.25, 0.3) is 0 Å². The van der Waals surface area contributed by atoms with Crippen LogP contribution in [-0.2, 0) is 14.3 Å². The highest BCUT2D eigenvalue weighted by Gasteiger charge is 2.10. The van der Waals surface area contributed by atoms with Crippen molar-refractivity contribution in [1.82, 2.24) is 6.15 Å². The third-order valence-electron chi connectivity index (χ3n) is 7.54. The first-order valence-electron chi connectivity index (χ1n) is 16.6. The summed E-state index contributed by atoms with van der Waals surface area (Å²) in [6, 6.07) is 0. The van der Waals surface area contributed by atoms with Gasteiger partial charge in [0.05, 0.1) is 19.0 Å². The highest BCUT2D eigenvalue weighted by molar-refractivity contribution is 7.86. The van der Waals surface area contributed by atoms with Gasteiger partial charge in [0.25, 0.3) is 10.1 Å². The molecule has 0 radical (unpaired) electrons. The van der Waals surface area contributed by atoms with Gasteiger partial charge in [0.15, 0.2) is 0 Å². The molecule has 0 rings (SSSR count). The number of hydrogen-bond donors (Lipinski definition) is 1. The minimum atomic E-state index is -3.35. The van der Waals surface area contributed by atoms with Gasteiger partial charge in [-0.25, -0.2) is 0 Å². The Bertz CT molecular complexity index is 531. The van der Waals surface area contributed by atoms with E-state index in [2.05, 4.69) is 6.92 Å². The molecule has 0 heterocycles. The van der Waals surface area contributed by atoms with E-state index >= 15 is 0 Å². The van der Waals surface area contributed by atoms with Crippen LogP contribution in [-0.4, -0.2) is 27.5 Å². The predicted octanol–water partition coefficient (Wildman–Crippen LogP) is 11.4. The normalized spacial score (nSPS) is 11.6. The molecule has 0 aliphatic rings. The molecule has 0 saturated heterocycles. The Labute approximate surface area is 238 Å². The highest BCUT2D eigenvalue weighted by Crippen LogP contribution is 2.15. The summed E-state index contributed by atoms with van der Waals surface area (Å²) in [4.78, 5) is 0. The number of hydrogen-bond acceptors (Lipinski definition) is 4. The first-order chi connectivity index (χ1) is 18.1. The fraction of sp³-hybridized carbons (Fsp3) is 1.00. The molecule has 4 nitrogen and oxygen atoms in total. The van der Waals surface area contributed by atoms with E-state index in [1.807, 2.05) is 0 Å². The van der Waals surface area contributed by atoms with E-state index in [9.17, 15) is 12.8 Å². The van der Waals surface area contributed by atoms with Crippen molar-refractivity contribution in [2.45, 2.75) is 187 Å². The van der Waals surface area contributed by atoms with Crippen LogP contribution in [0.2, 0.25) is 0 Å². The molecule has 0 bridgehead atoms. The molecule has 6 heteroatoms. The van der Waals surface area contributed by atoms with E-state index in [1.165, 1.54) is 128 Å². The quantitative estimate of drug-likeness (QED) is 0.0649. The van der Waals surface area contributed by atoms with Gasteiger partial charge in [0.1, 0.15) is 0 Å². The minimum absolute atomic E-state index is 0. The summed E-state index contributed by atoms with van der Waals surface area (Å²) in [7, 11) is -3.35. The van der Waals surface area contributed by atoms with Gasteiger partial charge in [-0.05, 0) is 19.3 Å². The average Bonchev–Trinajstić information content (AvgIpc) is 2.88. The van der Waals surface area contributed by atoms with Gasteiger partial charge in [-0.2, -0.15) is 8.42 Å². The third-order valence-corrected chi connectivity index (χ3v) is 8.85. The second-order valence-corrected chi connectivity index (χ2v) is 13.1. The molecule has 0 aromatic heterocycles. The SMILES string of the molecule is CCCCCCCCCCCCCCCCCCCCOS(=O)(=O)CCCCCCCCCCCCF.N. The molecule has 0 aromatic carbocycles. The van der Waals surface area contributed by atoms with Gasteiger partial charge in [-0.1, -0.05) is 167 Å². The van der Waals surface area contributed by atoms with E-state index in [0.717, 1.165) is 38.5 Å². The molecule has 0 fully saturated rings. The van der Waals surface area contributed by atoms with Crippen molar-refractivity contribution in [3.8, 4) is 0 Å². The van der Waals surface area contributed by atoms with Crippen molar-refractivity contribution in [1.29, 1.82) is 0 Å².